The first kappa shape index (κ1) is 14.2. The molecular formula is C14H12O5S. The van der Waals surface area contributed by atoms with Crippen LogP contribution in [0.2, 0.25) is 0 Å². The number of hydrogen-bond acceptors (Lipinski definition) is 4. The van der Waals surface area contributed by atoms with Crippen LogP contribution in [0, 0.1) is 0 Å². The minimum absolute atomic E-state index is 0.0635. The SMILES string of the molecule is O=C(O)c1ccc(CSCc2ccc(C(=O)O)o2)cc1. The van der Waals surface area contributed by atoms with Gasteiger partial charge in [-0.05, 0) is 29.8 Å². The summed E-state index contributed by atoms with van der Waals surface area (Å²) in [4.78, 5) is 21.4. The average Bonchev–Trinajstić information content (AvgIpc) is 2.88. The molecule has 0 aliphatic carbocycles. The lowest BCUT2D eigenvalue weighted by Crippen LogP contribution is -1.95. The van der Waals surface area contributed by atoms with E-state index in [0.29, 0.717) is 17.3 Å². The second-order valence-corrected chi connectivity index (χ2v) is 5.05. The van der Waals surface area contributed by atoms with Crippen LogP contribution in [0.3, 0.4) is 0 Å². The van der Waals surface area contributed by atoms with E-state index in [9.17, 15) is 9.59 Å². The molecule has 104 valence electrons. The van der Waals surface area contributed by atoms with Gasteiger partial charge in [0.25, 0.3) is 0 Å². The van der Waals surface area contributed by atoms with Crippen LogP contribution in [0.5, 0.6) is 0 Å². The van der Waals surface area contributed by atoms with E-state index in [0.717, 1.165) is 5.56 Å². The van der Waals surface area contributed by atoms with Gasteiger partial charge in [-0.25, -0.2) is 9.59 Å². The molecule has 0 amide bonds. The molecule has 5 nitrogen and oxygen atoms in total. The van der Waals surface area contributed by atoms with Crippen molar-refractivity contribution in [3.05, 3.63) is 59.0 Å². The van der Waals surface area contributed by atoms with E-state index >= 15 is 0 Å². The molecule has 0 saturated heterocycles. The van der Waals surface area contributed by atoms with Crippen molar-refractivity contribution in [3.63, 3.8) is 0 Å². The lowest BCUT2D eigenvalue weighted by molar-refractivity contribution is 0.0658. The van der Waals surface area contributed by atoms with E-state index in [4.69, 9.17) is 14.6 Å². The summed E-state index contributed by atoms with van der Waals surface area (Å²) in [6, 6.07) is 9.73. The number of hydrogen-bond donors (Lipinski definition) is 2. The van der Waals surface area contributed by atoms with Crippen LogP contribution in [-0.2, 0) is 11.5 Å². The second kappa shape index (κ2) is 6.29. The molecule has 0 saturated carbocycles. The molecule has 0 fully saturated rings. The number of benzene rings is 1. The van der Waals surface area contributed by atoms with Gasteiger partial charge in [-0.3, -0.25) is 0 Å². The molecule has 2 N–H and O–H groups in total. The predicted octanol–water partition coefficient (Wildman–Crippen LogP) is 3.11. The van der Waals surface area contributed by atoms with Crippen molar-refractivity contribution in [2.75, 3.05) is 0 Å². The molecule has 1 aromatic heterocycles. The Morgan fingerprint density at radius 3 is 2.20 bits per heavy atom. The second-order valence-electron chi connectivity index (χ2n) is 4.07. The zero-order valence-electron chi connectivity index (χ0n) is 10.4. The number of carboxylic acids is 2. The zero-order chi connectivity index (χ0) is 14.5. The summed E-state index contributed by atoms with van der Waals surface area (Å²) in [5.41, 5.74) is 1.26. The zero-order valence-corrected chi connectivity index (χ0v) is 11.2. The Morgan fingerprint density at radius 1 is 0.950 bits per heavy atom. The van der Waals surface area contributed by atoms with Crippen molar-refractivity contribution >= 4 is 23.7 Å². The Kier molecular flexibility index (Phi) is 4.47. The van der Waals surface area contributed by atoms with Crippen molar-refractivity contribution in [2.45, 2.75) is 11.5 Å². The Balaban J connectivity index is 1.85. The largest absolute Gasteiger partial charge is 0.478 e. The highest BCUT2D eigenvalue weighted by Crippen LogP contribution is 2.20. The van der Waals surface area contributed by atoms with Gasteiger partial charge in [0, 0.05) is 5.75 Å². The van der Waals surface area contributed by atoms with Gasteiger partial charge in [0.15, 0.2) is 0 Å². The number of aromatic carboxylic acids is 2. The van der Waals surface area contributed by atoms with E-state index in [1.165, 1.54) is 6.07 Å². The molecule has 0 aliphatic heterocycles. The van der Waals surface area contributed by atoms with E-state index in [2.05, 4.69) is 0 Å². The number of furan rings is 1. The molecule has 0 bridgehead atoms. The van der Waals surface area contributed by atoms with E-state index in [1.807, 2.05) is 0 Å². The van der Waals surface area contributed by atoms with Gasteiger partial charge in [-0.15, -0.1) is 11.8 Å². The van der Waals surface area contributed by atoms with E-state index in [-0.39, 0.29) is 11.3 Å². The molecule has 2 rings (SSSR count). The number of thioether (sulfide) groups is 1. The molecule has 1 heterocycles. The first-order valence-electron chi connectivity index (χ1n) is 5.78. The third-order valence-electron chi connectivity index (χ3n) is 2.59. The normalized spacial score (nSPS) is 10.4. The average molecular weight is 292 g/mol. The molecule has 6 heteroatoms. The maximum absolute atomic E-state index is 10.7. The van der Waals surface area contributed by atoms with Crippen molar-refractivity contribution in [2.24, 2.45) is 0 Å². The van der Waals surface area contributed by atoms with Gasteiger partial charge < -0.3 is 14.6 Å². The van der Waals surface area contributed by atoms with Gasteiger partial charge in [0.2, 0.25) is 5.76 Å². The van der Waals surface area contributed by atoms with Crippen molar-refractivity contribution in [1.82, 2.24) is 0 Å². The Bertz CT molecular complexity index is 615. The maximum atomic E-state index is 10.7. The van der Waals surface area contributed by atoms with Gasteiger partial charge >= 0.3 is 11.9 Å². The summed E-state index contributed by atoms with van der Waals surface area (Å²) in [5.74, 6) is -0.218. The fourth-order valence-corrected chi connectivity index (χ4v) is 2.47. The van der Waals surface area contributed by atoms with Crippen LogP contribution < -0.4 is 0 Å². The highest BCUT2D eigenvalue weighted by molar-refractivity contribution is 7.97. The van der Waals surface area contributed by atoms with Gasteiger partial charge in [0.1, 0.15) is 5.76 Å². The molecule has 0 aliphatic rings. The highest BCUT2D eigenvalue weighted by Gasteiger charge is 2.08. The third kappa shape index (κ3) is 3.64. The molecule has 0 spiro atoms. The quantitative estimate of drug-likeness (QED) is 0.850. The lowest BCUT2D eigenvalue weighted by atomic mass is 10.1. The van der Waals surface area contributed by atoms with E-state index < -0.39 is 11.9 Å². The van der Waals surface area contributed by atoms with Crippen LogP contribution >= 0.6 is 11.8 Å². The summed E-state index contributed by atoms with van der Waals surface area (Å²) in [5, 5.41) is 17.5. The van der Waals surface area contributed by atoms with Crippen molar-refractivity contribution in [3.8, 4) is 0 Å². The molecule has 0 radical (unpaired) electrons. The minimum atomic E-state index is -1.08. The van der Waals surface area contributed by atoms with Gasteiger partial charge in [-0.1, -0.05) is 12.1 Å². The number of rotatable bonds is 6. The van der Waals surface area contributed by atoms with E-state index in [1.54, 1.807) is 42.1 Å². The highest BCUT2D eigenvalue weighted by atomic mass is 32.2. The molecule has 1 aromatic carbocycles. The molecule has 0 unspecified atom stereocenters. The number of carboxylic acid groups (broad SMARTS) is 2. The fourth-order valence-electron chi connectivity index (χ4n) is 1.58. The van der Waals surface area contributed by atoms with Crippen LogP contribution in [0.4, 0.5) is 0 Å². The summed E-state index contributed by atoms with van der Waals surface area (Å²) in [7, 11) is 0. The van der Waals surface area contributed by atoms with Crippen molar-refractivity contribution in [1.29, 1.82) is 0 Å². The third-order valence-corrected chi connectivity index (χ3v) is 3.61. The van der Waals surface area contributed by atoms with Crippen LogP contribution in [0.15, 0.2) is 40.8 Å². The molecule has 2 aromatic rings. The Labute approximate surface area is 119 Å². The monoisotopic (exact) mass is 292 g/mol. The van der Waals surface area contributed by atoms with Crippen LogP contribution in [0.25, 0.3) is 0 Å². The summed E-state index contributed by atoms with van der Waals surface area (Å²) in [6.45, 7) is 0. The predicted molar refractivity (Wildman–Crippen MR) is 74.1 cm³/mol. The fraction of sp³-hybridized carbons (Fsp3) is 0.143. The minimum Gasteiger partial charge on any atom is -0.478 e. The first-order valence-corrected chi connectivity index (χ1v) is 6.93. The molecule has 20 heavy (non-hydrogen) atoms. The smallest absolute Gasteiger partial charge is 0.371 e. The van der Waals surface area contributed by atoms with Crippen LogP contribution in [0.1, 0.15) is 32.2 Å². The standard InChI is InChI=1S/C14H12O5S/c15-13(16)10-3-1-9(2-4-10)7-20-8-11-5-6-12(19-11)14(17)18/h1-6H,7-8H2,(H,15,16)(H,17,18). The number of carbonyl (C=O) groups is 2. The Morgan fingerprint density at radius 2 is 1.65 bits per heavy atom. The molecule has 0 atom stereocenters. The summed E-state index contributed by atoms with van der Waals surface area (Å²) >= 11 is 1.56. The molecular weight excluding hydrogens is 280 g/mol. The van der Waals surface area contributed by atoms with Crippen LogP contribution in [-0.4, -0.2) is 22.2 Å². The van der Waals surface area contributed by atoms with Gasteiger partial charge in [-0.2, -0.15) is 0 Å². The van der Waals surface area contributed by atoms with Crippen molar-refractivity contribution < 1.29 is 24.2 Å². The first-order chi connectivity index (χ1) is 9.56. The Hall–Kier alpha value is -2.21. The topological polar surface area (TPSA) is 87.7 Å². The summed E-state index contributed by atoms with van der Waals surface area (Å²) in [6.07, 6.45) is 0. The lowest BCUT2D eigenvalue weighted by Gasteiger charge is -2.01. The van der Waals surface area contributed by atoms with Gasteiger partial charge in [0.05, 0.1) is 11.3 Å². The summed E-state index contributed by atoms with van der Waals surface area (Å²) < 4.78 is 5.14. The maximum Gasteiger partial charge on any atom is 0.371 e.